The van der Waals surface area contributed by atoms with Crippen LogP contribution in [-0.4, -0.2) is 38.7 Å². The maximum Gasteiger partial charge on any atom is 0.297 e. The van der Waals surface area contributed by atoms with Gasteiger partial charge in [-0.2, -0.15) is 8.42 Å². The highest BCUT2D eigenvalue weighted by molar-refractivity contribution is 7.86. The molecule has 4 rings (SSSR count). The first kappa shape index (κ1) is 25.2. The fraction of sp³-hybridized carbons (Fsp3) is 0.296. The van der Waals surface area contributed by atoms with Crippen molar-refractivity contribution in [3.8, 4) is 0 Å². The predicted molar refractivity (Wildman–Crippen MR) is 128 cm³/mol. The molecule has 1 fully saturated rings. The second kappa shape index (κ2) is 10.8. The molecule has 0 saturated carbocycles. The van der Waals surface area contributed by atoms with Gasteiger partial charge in [0.15, 0.2) is 5.78 Å². The van der Waals surface area contributed by atoms with Crippen LogP contribution in [0.2, 0.25) is 0 Å². The molecule has 0 amide bonds. The first-order chi connectivity index (χ1) is 16.7. The number of Topliss-reactive ketones (excluding diaryl/α,β-unsaturated/α-hetero) is 1. The Hall–Kier alpha value is -2.94. The summed E-state index contributed by atoms with van der Waals surface area (Å²) in [4.78, 5) is 14.6. The number of nitrogens with zero attached hydrogens (tertiary/aromatic N) is 1. The van der Waals surface area contributed by atoms with Crippen LogP contribution in [0.4, 0.5) is 8.78 Å². The van der Waals surface area contributed by atoms with Crippen LogP contribution >= 0.6 is 0 Å². The molecule has 35 heavy (non-hydrogen) atoms. The highest BCUT2D eigenvalue weighted by atomic mass is 32.2. The highest BCUT2D eigenvalue weighted by Crippen LogP contribution is 2.36. The average molecular weight is 500 g/mol. The van der Waals surface area contributed by atoms with E-state index in [0.29, 0.717) is 37.1 Å². The predicted octanol–water partition coefficient (Wildman–Crippen LogP) is 5.31. The van der Waals surface area contributed by atoms with Gasteiger partial charge in [0.05, 0.1) is 11.4 Å². The Morgan fingerprint density at radius 3 is 2.03 bits per heavy atom. The Labute approximate surface area is 204 Å². The van der Waals surface area contributed by atoms with Gasteiger partial charge in [-0.3, -0.25) is 13.9 Å². The number of likely N-dealkylation sites (tertiary alicyclic amines) is 1. The van der Waals surface area contributed by atoms with Crippen molar-refractivity contribution < 1.29 is 26.2 Å². The summed E-state index contributed by atoms with van der Waals surface area (Å²) in [6.07, 6.45) is 0.418. The zero-order valence-electron chi connectivity index (χ0n) is 19.4. The molecule has 1 saturated heterocycles. The highest BCUT2D eigenvalue weighted by Gasteiger charge is 2.33. The minimum atomic E-state index is -4.05. The van der Waals surface area contributed by atoms with E-state index in [1.165, 1.54) is 48.5 Å². The number of ketones is 1. The Balaban J connectivity index is 1.47. The van der Waals surface area contributed by atoms with E-state index in [0.717, 1.165) is 5.56 Å². The van der Waals surface area contributed by atoms with Gasteiger partial charge in [-0.15, -0.1) is 0 Å². The van der Waals surface area contributed by atoms with Crippen LogP contribution in [0.5, 0.6) is 0 Å². The van der Waals surface area contributed by atoms with Crippen LogP contribution in [0.15, 0.2) is 77.7 Å². The van der Waals surface area contributed by atoms with Crippen molar-refractivity contribution >= 4 is 15.9 Å². The third-order valence-electron chi connectivity index (χ3n) is 6.33. The van der Waals surface area contributed by atoms with E-state index in [4.69, 9.17) is 4.18 Å². The molecule has 3 aromatic rings. The average Bonchev–Trinajstić information content (AvgIpc) is 2.84. The lowest BCUT2D eigenvalue weighted by Gasteiger charge is -2.35. The van der Waals surface area contributed by atoms with Crippen molar-refractivity contribution in [1.82, 2.24) is 4.90 Å². The molecule has 1 atom stereocenters. The van der Waals surface area contributed by atoms with Crippen LogP contribution in [-0.2, 0) is 14.3 Å². The second-order valence-corrected chi connectivity index (χ2v) is 10.5. The first-order valence-electron chi connectivity index (χ1n) is 11.5. The van der Waals surface area contributed by atoms with Crippen molar-refractivity contribution in [2.75, 3.05) is 19.6 Å². The number of hydrogen-bond acceptors (Lipinski definition) is 5. The van der Waals surface area contributed by atoms with E-state index < -0.39 is 27.9 Å². The van der Waals surface area contributed by atoms with Gasteiger partial charge in [0, 0.05) is 5.56 Å². The Bertz CT molecular complexity index is 1250. The molecule has 0 radical (unpaired) electrons. The monoisotopic (exact) mass is 499 g/mol. The van der Waals surface area contributed by atoms with E-state index in [1.807, 2.05) is 11.8 Å². The van der Waals surface area contributed by atoms with Gasteiger partial charge in [0.25, 0.3) is 10.1 Å². The number of benzene rings is 3. The lowest BCUT2D eigenvalue weighted by molar-refractivity contribution is 0.0721. The van der Waals surface area contributed by atoms with Crippen molar-refractivity contribution in [3.63, 3.8) is 0 Å². The van der Waals surface area contributed by atoms with Crippen LogP contribution in [0.3, 0.4) is 0 Å². The lowest BCUT2D eigenvalue weighted by Crippen LogP contribution is -2.39. The van der Waals surface area contributed by atoms with Crippen molar-refractivity contribution in [1.29, 1.82) is 0 Å². The second-order valence-electron chi connectivity index (χ2n) is 8.88. The summed E-state index contributed by atoms with van der Waals surface area (Å²) in [6.45, 7) is 3.21. The minimum Gasteiger partial charge on any atom is -0.296 e. The summed E-state index contributed by atoms with van der Waals surface area (Å²) in [6, 6.07) is 17.6. The summed E-state index contributed by atoms with van der Waals surface area (Å²) in [5.41, 5.74) is 1.97. The molecule has 1 heterocycles. The molecule has 0 aromatic heterocycles. The zero-order chi connectivity index (χ0) is 25.0. The quantitative estimate of drug-likeness (QED) is 0.310. The molecule has 3 aromatic carbocycles. The van der Waals surface area contributed by atoms with Gasteiger partial charge in [-0.05, 0) is 92.9 Å². The molecule has 0 aliphatic carbocycles. The van der Waals surface area contributed by atoms with Crippen molar-refractivity contribution in [2.45, 2.75) is 30.8 Å². The molecule has 0 N–H and O–H groups in total. The summed E-state index contributed by atoms with van der Waals surface area (Å²) >= 11 is 0. The fourth-order valence-electron chi connectivity index (χ4n) is 4.30. The molecule has 5 nitrogen and oxygen atoms in total. The molecule has 8 heteroatoms. The number of carbonyl (C=O) groups is 1. The molecule has 184 valence electrons. The largest absolute Gasteiger partial charge is 0.297 e. The molecule has 1 unspecified atom stereocenters. The first-order valence-corrected chi connectivity index (χ1v) is 12.9. The molecule has 1 aliphatic rings. The number of piperidine rings is 1. The van der Waals surface area contributed by atoms with Gasteiger partial charge >= 0.3 is 0 Å². The Morgan fingerprint density at radius 2 is 1.46 bits per heavy atom. The fourth-order valence-corrected chi connectivity index (χ4v) is 5.42. The van der Waals surface area contributed by atoms with Gasteiger partial charge < -0.3 is 0 Å². The van der Waals surface area contributed by atoms with Gasteiger partial charge in [0.1, 0.15) is 17.7 Å². The summed E-state index contributed by atoms with van der Waals surface area (Å²) in [7, 11) is -4.05. The summed E-state index contributed by atoms with van der Waals surface area (Å²) in [5.74, 6) is -1.05. The molecule has 0 bridgehead atoms. The summed E-state index contributed by atoms with van der Waals surface area (Å²) in [5, 5.41) is 0. The molecule has 0 spiro atoms. The van der Waals surface area contributed by atoms with E-state index in [-0.39, 0.29) is 23.1 Å². The minimum absolute atomic E-state index is 0.0672. The zero-order valence-corrected chi connectivity index (χ0v) is 20.2. The third kappa shape index (κ3) is 6.39. The molecular formula is C27H27F2NO4S. The third-order valence-corrected chi connectivity index (χ3v) is 7.64. The van der Waals surface area contributed by atoms with E-state index in [9.17, 15) is 22.0 Å². The Kier molecular flexibility index (Phi) is 7.74. The number of hydrogen-bond donors (Lipinski definition) is 0. The lowest BCUT2D eigenvalue weighted by atomic mass is 9.87. The van der Waals surface area contributed by atoms with Gasteiger partial charge in [-0.25, -0.2) is 8.78 Å². The normalized spacial score (nSPS) is 16.2. The van der Waals surface area contributed by atoms with Crippen molar-refractivity contribution in [3.05, 3.63) is 101 Å². The Morgan fingerprint density at radius 1 is 0.914 bits per heavy atom. The number of aryl methyl sites for hydroxylation is 1. The number of rotatable bonds is 8. The maximum absolute atomic E-state index is 13.5. The van der Waals surface area contributed by atoms with Crippen LogP contribution in [0.1, 0.15) is 40.4 Å². The molecular weight excluding hydrogens is 472 g/mol. The van der Waals surface area contributed by atoms with Crippen LogP contribution in [0, 0.1) is 24.5 Å². The van der Waals surface area contributed by atoms with Gasteiger partial charge in [-0.1, -0.05) is 29.8 Å². The van der Waals surface area contributed by atoms with Crippen LogP contribution < -0.4 is 0 Å². The van der Waals surface area contributed by atoms with Crippen LogP contribution in [0.25, 0.3) is 0 Å². The van der Waals surface area contributed by atoms with Gasteiger partial charge in [0.2, 0.25) is 0 Å². The van der Waals surface area contributed by atoms with E-state index in [1.54, 1.807) is 24.3 Å². The standard InChI is InChI=1S/C27H27F2NO4S/c1-19-2-12-25(13-3-19)35(32,33)34-27(21-6-10-24(29)11-7-21)22-14-16-30(17-15-22)18-26(31)20-4-8-23(28)9-5-20/h2-13,22,27H,14-18H2,1H3. The SMILES string of the molecule is Cc1ccc(S(=O)(=O)OC(c2ccc(F)cc2)C2CCN(CC(=O)c3ccc(F)cc3)CC2)cc1. The number of carbonyl (C=O) groups excluding carboxylic acids is 1. The number of halogens is 2. The maximum atomic E-state index is 13.5. The van der Waals surface area contributed by atoms with E-state index >= 15 is 0 Å². The smallest absolute Gasteiger partial charge is 0.296 e. The van der Waals surface area contributed by atoms with E-state index in [2.05, 4.69) is 0 Å². The topological polar surface area (TPSA) is 63.7 Å². The summed E-state index contributed by atoms with van der Waals surface area (Å²) < 4.78 is 58.5. The van der Waals surface area contributed by atoms with Crippen molar-refractivity contribution in [2.24, 2.45) is 5.92 Å². The molecule has 1 aliphatic heterocycles.